The van der Waals surface area contributed by atoms with Gasteiger partial charge in [0.15, 0.2) is 0 Å². The van der Waals surface area contributed by atoms with Gasteiger partial charge in [0.25, 0.3) is 0 Å². The van der Waals surface area contributed by atoms with Crippen molar-refractivity contribution in [1.29, 1.82) is 0 Å². The third-order valence-corrected chi connectivity index (χ3v) is 2.18. The number of carboxylic acid groups (broad SMARTS) is 1. The predicted octanol–water partition coefficient (Wildman–Crippen LogP) is 0.778. The molecule has 0 bridgehead atoms. The van der Waals surface area contributed by atoms with Gasteiger partial charge in [0, 0.05) is 18.6 Å². The number of hydrogen-bond donors (Lipinski definition) is 2. The number of nitrogens with zero attached hydrogens (tertiary/aromatic N) is 1. The van der Waals surface area contributed by atoms with Gasteiger partial charge >= 0.3 is 5.97 Å². The first-order valence-corrected chi connectivity index (χ1v) is 5.03. The molecular weight excluding hydrogens is 180 g/mol. The second-order valence-electron chi connectivity index (χ2n) is 4.25. The lowest BCUT2D eigenvalue weighted by molar-refractivity contribution is -0.140. The molecule has 0 spiro atoms. The molecule has 0 aliphatic heterocycles. The second kappa shape index (κ2) is 5.98. The van der Waals surface area contributed by atoms with E-state index in [1.165, 1.54) is 0 Å². The molecule has 0 heterocycles. The molecule has 14 heavy (non-hydrogen) atoms. The fraction of sp³-hybridized carbons (Fsp3) is 0.900. The summed E-state index contributed by atoms with van der Waals surface area (Å²) in [6.07, 6.45) is 0. The summed E-state index contributed by atoms with van der Waals surface area (Å²) in [5, 5.41) is 12.0. The van der Waals surface area contributed by atoms with Gasteiger partial charge in [0.2, 0.25) is 0 Å². The predicted molar refractivity (Wildman–Crippen MR) is 57.5 cm³/mol. The van der Waals surface area contributed by atoms with Crippen molar-refractivity contribution in [3.8, 4) is 0 Å². The molecule has 1 atom stereocenters. The smallest absolute Gasteiger partial charge is 0.322 e. The zero-order valence-electron chi connectivity index (χ0n) is 9.74. The number of carboxylic acids is 1. The van der Waals surface area contributed by atoms with Crippen LogP contribution in [0.15, 0.2) is 0 Å². The van der Waals surface area contributed by atoms with E-state index in [9.17, 15) is 4.79 Å². The summed E-state index contributed by atoms with van der Waals surface area (Å²) in [6, 6.07) is 0.0740. The third-order valence-electron chi connectivity index (χ3n) is 2.18. The maximum atomic E-state index is 10.9. The number of nitrogens with one attached hydrogen (secondary N) is 1. The molecule has 4 nitrogen and oxygen atoms in total. The molecule has 0 aromatic carbocycles. The van der Waals surface area contributed by atoms with E-state index in [2.05, 4.69) is 5.32 Å². The molecule has 1 unspecified atom stereocenters. The molecule has 0 rings (SSSR count). The van der Waals surface area contributed by atoms with E-state index in [0.717, 1.165) is 0 Å². The average Bonchev–Trinajstić information content (AvgIpc) is 2.01. The highest BCUT2D eigenvalue weighted by molar-refractivity contribution is 5.73. The van der Waals surface area contributed by atoms with Crippen molar-refractivity contribution in [2.75, 3.05) is 13.6 Å². The molecule has 0 aliphatic carbocycles. The summed E-state index contributed by atoms with van der Waals surface area (Å²) in [4.78, 5) is 12.9. The van der Waals surface area contributed by atoms with Crippen molar-refractivity contribution < 1.29 is 9.90 Å². The van der Waals surface area contributed by atoms with Crippen LogP contribution in [-0.2, 0) is 4.79 Å². The Bertz CT molecular complexity index is 181. The fourth-order valence-corrected chi connectivity index (χ4v) is 1.10. The number of aliphatic carboxylic acids is 1. The van der Waals surface area contributed by atoms with Crippen molar-refractivity contribution in [3.05, 3.63) is 0 Å². The topological polar surface area (TPSA) is 52.6 Å². The van der Waals surface area contributed by atoms with E-state index in [1.54, 1.807) is 0 Å². The fourth-order valence-electron chi connectivity index (χ4n) is 1.10. The van der Waals surface area contributed by atoms with Crippen LogP contribution in [0.4, 0.5) is 0 Å². The molecule has 4 heteroatoms. The monoisotopic (exact) mass is 202 g/mol. The largest absolute Gasteiger partial charge is 0.480 e. The minimum atomic E-state index is -0.786. The van der Waals surface area contributed by atoms with Crippen LogP contribution in [0.25, 0.3) is 0 Å². The van der Waals surface area contributed by atoms with E-state index in [-0.39, 0.29) is 6.04 Å². The SMILES string of the molecule is CC(C)NC(CN(C)C(C)C)C(=O)O. The number of carbonyl (C=O) groups is 1. The standard InChI is InChI=1S/C10H22N2O2/c1-7(2)11-9(10(13)14)6-12(5)8(3)4/h7-9,11H,6H2,1-5H3,(H,13,14). The lowest BCUT2D eigenvalue weighted by atomic mass is 10.2. The average molecular weight is 202 g/mol. The summed E-state index contributed by atoms with van der Waals surface area (Å²) >= 11 is 0. The molecule has 0 fully saturated rings. The van der Waals surface area contributed by atoms with Crippen LogP contribution < -0.4 is 5.32 Å². The van der Waals surface area contributed by atoms with E-state index in [0.29, 0.717) is 12.6 Å². The van der Waals surface area contributed by atoms with Gasteiger partial charge in [-0.2, -0.15) is 0 Å². The first-order chi connectivity index (χ1) is 6.34. The molecular formula is C10H22N2O2. The van der Waals surface area contributed by atoms with Crippen molar-refractivity contribution >= 4 is 5.97 Å². The number of hydrogen-bond acceptors (Lipinski definition) is 3. The van der Waals surface area contributed by atoms with Crippen molar-refractivity contribution in [3.63, 3.8) is 0 Å². The first-order valence-electron chi connectivity index (χ1n) is 5.03. The minimum absolute atomic E-state index is 0.191. The lowest BCUT2D eigenvalue weighted by Crippen LogP contribution is -2.49. The molecule has 0 radical (unpaired) electrons. The Morgan fingerprint density at radius 1 is 1.36 bits per heavy atom. The second-order valence-corrected chi connectivity index (χ2v) is 4.25. The van der Waals surface area contributed by atoms with Gasteiger partial charge in [-0.05, 0) is 20.9 Å². The minimum Gasteiger partial charge on any atom is -0.480 e. The maximum absolute atomic E-state index is 10.9. The summed E-state index contributed by atoms with van der Waals surface area (Å²) < 4.78 is 0. The summed E-state index contributed by atoms with van der Waals surface area (Å²) in [6.45, 7) is 8.53. The molecule has 0 saturated heterocycles. The molecule has 2 N–H and O–H groups in total. The van der Waals surface area contributed by atoms with Crippen LogP contribution in [0.1, 0.15) is 27.7 Å². The number of likely N-dealkylation sites (N-methyl/N-ethyl adjacent to an activating group) is 1. The molecule has 0 saturated carbocycles. The zero-order valence-corrected chi connectivity index (χ0v) is 9.74. The summed E-state index contributed by atoms with van der Waals surface area (Å²) in [7, 11) is 1.93. The van der Waals surface area contributed by atoms with E-state index >= 15 is 0 Å². The van der Waals surface area contributed by atoms with Crippen LogP contribution in [0, 0.1) is 0 Å². The molecule has 0 aromatic heterocycles. The maximum Gasteiger partial charge on any atom is 0.322 e. The van der Waals surface area contributed by atoms with Crippen LogP contribution in [-0.4, -0.2) is 47.7 Å². The van der Waals surface area contributed by atoms with Gasteiger partial charge in [-0.1, -0.05) is 13.8 Å². The highest BCUT2D eigenvalue weighted by atomic mass is 16.4. The van der Waals surface area contributed by atoms with Crippen molar-refractivity contribution in [2.24, 2.45) is 0 Å². The van der Waals surface area contributed by atoms with E-state index < -0.39 is 12.0 Å². The first kappa shape index (κ1) is 13.4. The molecule has 0 amide bonds. The van der Waals surface area contributed by atoms with Crippen LogP contribution in [0.3, 0.4) is 0 Å². The third kappa shape index (κ3) is 5.19. The van der Waals surface area contributed by atoms with Gasteiger partial charge in [-0.3, -0.25) is 4.79 Å². The lowest BCUT2D eigenvalue weighted by Gasteiger charge is -2.26. The van der Waals surface area contributed by atoms with Crippen LogP contribution in [0.5, 0.6) is 0 Å². The van der Waals surface area contributed by atoms with Gasteiger partial charge in [-0.15, -0.1) is 0 Å². The van der Waals surface area contributed by atoms with Gasteiger partial charge in [-0.25, -0.2) is 0 Å². The van der Waals surface area contributed by atoms with E-state index in [1.807, 2.05) is 39.6 Å². The normalized spacial score (nSPS) is 14.0. The van der Waals surface area contributed by atoms with Gasteiger partial charge in [0.1, 0.15) is 6.04 Å². The van der Waals surface area contributed by atoms with Crippen molar-refractivity contribution in [1.82, 2.24) is 10.2 Å². The van der Waals surface area contributed by atoms with Crippen molar-refractivity contribution in [2.45, 2.75) is 45.8 Å². The Labute approximate surface area is 86.3 Å². The summed E-state index contributed by atoms with van der Waals surface area (Å²) in [5.41, 5.74) is 0. The highest BCUT2D eigenvalue weighted by Gasteiger charge is 2.20. The molecule has 84 valence electrons. The Morgan fingerprint density at radius 2 is 1.86 bits per heavy atom. The molecule has 0 aromatic rings. The Hall–Kier alpha value is -0.610. The van der Waals surface area contributed by atoms with Crippen LogP contribution in [0.2, 0.25) is 0 Å². The zero-order chi connectivity index (χ0) is 11.3. The highest BCUT2D eigenvalue weighted by Crippen LogP contribution is 1.97. The molecule has 0 aliphatic rings. The number of rotatable bonds is 6. The van der Waals surface area contributed by atoms with Crippen LogP contribution >= 0.6 is 0 Å². The van der Waals surface area contributed by atoms with Gasteiger partial charge in [0.05, 0.1) is 0 Å². The van der Waals surface area contributed by atoms with Gasteiger partial charge < -0.3 is 15.3 Å². The van der Waals surface area contributed by atoms with E-state index in [4.69, 9.17) is 5.11 Å². The Morgan fingerprint density at radius 3 is 2.14 bits per heavy atom. The summed E-state index contributed by atoms with van der Waals surface area (Å²) in [5.74, 6) is -0.786. The Kier molecular flexibility index (Phi) is 5.72. The quantitative estimate of drug-likeness (QED) is 0.668. The Balaban J connectivity index is 4.16.